The van der Waals surface area contributed by atoms with E-state index in [0.717, 1.165) is 13.0 Å². The summed E-state index contributed by atoms with van der Waals surface area (Å²) in [5, 5.41) is 3.08. The molecule has 0 saturated carbocycles. The number of hydrogen-bond donors (Lipinski definition) is 1. The lowest BCUT2D eigenvalue weighted by Crippen LogP contribution is -2.30. The van der Waals surface area contributed by atoms with Gasteiger partial charge in [0.2, 0.25) is 0 Å². The molecule has 4 heteroatoms. The first-order valence-electron chi connectivity index (χ1n) is 4.04. The fraction of sp³-hybridized carbons (Fsp3) is 0.667. The quantitative estimate of drug-likeness (QED) is 0.340. The van der Waals surface area contributed by atoms with E-state index >= 15 is 0 Å². The van der Waals surface area contributed by atoms with Crippen molar-refractivity contribution >= 4 is 21.9 Å². The predicted octanol–water partition coefficient (Wildman–Crippen LogP) is 0.926. The maximum Gasteiger partial charge on any atom is 0.320 e. The molecule has 13 heavy (non-hydrogen) atoms. The molecule has 0 aliphatic rings. The van der Waals surface area contributed by atoms with Crippen molar-refractivity contribution in [3.8, 4) is 11.8 Å². The normalized spacial score (nSPS) is 11.3. The van der Waals surface area contributed by atoms with Crippen molar-refractivity contribution < 1.29 is 9.53 Å². The number of halogens is 1. The topological polar surface area (TPSA) is 38.3 Å². The molecule has 0 bridgehead atoms. The summed E-state index contributed by atoms with van der Waals surface area (Å²) in [6.07, 6.45) is 0.803. The molecule has 0 amide bonds. The number of alkyl halides is 1. The molecule has 0 radical (unpaired) electrons. The number of hydrogen-bond acceptors (Lipinski definition) is 3. The molecule has 0 spiro atoms. The van der Waals surface area contributed by atoms with Gasteiger partial charge in [-0.05, 0) is 6.92 Å². The summed E-state index contributed by atoms with van der Waals surface area (Å²) < 4.78 is 4.54. The van der Waals surface area contributed by atoms with Gasteiger partial charge in [-0.15, -0.1) is 11.8 Å². The van der Waals surface area contributed by atoms with Gasteiger partial charge in [-0.2, -0.15) is 0 Å². The van der Waals surface area contributed by atoms with Gasteiger partial charge in [0.25, 0.3) is 0 Å². The van der Waals surface area contributed by atoms with Crippen molar-refractivity contribution in [3.05, 3.63) is 0 Å². The third-order valence-electron chi connectivity index (χ3n) is 1.38. The van der Waals surface area contributed by atoms with Crippen LogP contribution in [0.2, 0.25) is 0 Å². The molecule has 0 saturated heterocycles. The lowest BCUT2D eigenvalue weighted by Gasteiger charge is -2.07. The molecule has 1 unspecified atom stereocenters. The maximum absolute atomic E-state index is 10.9. The largest absolute Gasteiger partial charge is 0.468 e. The van der Waals surface area contributed by atoms with Crippen LogP contribution in [0.15, 0.2) is 0 Å². The van der Waals surface area contributed by atoms with Gasteiger partial charge in [-0.25, -0.2) is 0 Å². The fourth-order valence-electron chi connectivity index (χ4n) is 0.716. The van der Waals surface area contributed by atoms with E-state index in [-0.39, 0.29) is 10.8 Å². The van der Waals surface area contributed by atoms with E-state index in [1.807, 2.05) is 6.92 Å². The number of methoxy groups -OCH3 is 1. The molecule has 0 aromatic heterocycles. The first-order valence-corrected chi connectivity index (χ1v) is 4.96. The van der Waals surface area contributed by atoms with E-state index in [0.29, 0.717) is 6.54 Å². The van der Waals surface area contributed by atoms with E-state index < -0.39 is 0 Å². The molecular formula is C9H14BrNO2. The zero-order valence-corrected chi connectivity index (χ0v) is 9.48. The molecule has 0 aliphatic carbocycles. The second-order valence-corrected chi connectivity index (χ2v) is 3.48. The second kappa shape index (κ2) is 8.09. The van der Waals surface area contributed by atoms with Crippen molar-refractivity contribution in [2.24, 2.45) is 0 Å². The number of rotatable bonds is 5. The first kappa shape index (κ1) is 12.5. The zero-order chi connectivity index (χ0) is 10.1. The average molecular weight is 248 g/mol. The third-order valence-corrected chi connectivity index (χ3v) is 2.08. The second-order valence-electron chi connectivity index (χ2n) is 2.37. The number of carbonyl (C=O) groups is 1. The molecule has 74 valence electrons. The highest BCUT2D eigenvalue weighted by atomic mass is 79.9. The molecular weight excluding hydrogens is 234 g/mol. The minimum Gasteiger partial charge on any atom is -0.468 e. The number of esters is 1. The summed E-state index contributed by atoms with van der Waals surface area (Å²) in [5.41, 5.74) is 0. The zero-order valence-electron chi connectivity index (χ0n) is 7.89. The molecule has 0 fully saturated rings. The molecule has 0 aromatic carbocycles. The third kappa shape index (κ3) is 6.62. The van der Waals surface area contributed by atoms with Gasteiger partial charge < -0.3 is 10.1 Å². The molecule has 0 heterocycles. The molecule has 0 aromatic rings. The van der Waals surface area contributed by atoms with E-state index in [1.54, 1.807) is 0 Å². The van der Waals surface area contributed by atoms with Crippen LogP contribution in [0, 0.1) is 11.8 Å². The highest BCUT2D eigenvalue weighted by molar-refractivity contribution is 9.10. The SMILES string of the molecule is CC#CCCNCC(Br)C(=O)OC. The van der Waals surface area contributed by atoms with Crippen molar-refractivity contribution in [1.29, 1.82) is 0 Å². The van der Waals surface area contributed by atoms with Crippen LogP contribution < -0.4 is 5.32 Å². The standard InChI is InChI=1S/C9H14BrNO2/c1-3-4-5-6-11-7-8(10)9(12)13-2/h8,11H,5-7H2,1-2H3. The smallest absolute Gasteiger partial charge is 0.320 e. The Kier molecular flexibility index (Phi) is 7.76. The van der Waals surface area contributed by atoms with E-state index in [9.17, 15) is 4.79 Å². The Morgan fingerprint density at radius 3 is 2.92 bits per heavy atom. The lowest BCUT2D eigenvalue weighted by atomic mass is 10.4. The van der Waals surface area contributed by atoms with E-state index in [1.165, 1.54) is 7.11 Å². The Morgan fingerprint density at radius 2 is 2.38 bits per heavy atom. The molecule has 0 rings (SSSR count). The molecule has 1 atom stereocenters. The van der Waals surface area contributed by atoms with Crippen LogP contribution in [-0.4, -0.2) is 31.0 Å². The minimum absolute atomic E-state index is 0.255. The Morgan fingerprint density at radius 1 is 1.69 bits per heavy atom. The number of nitrogens with one attached hydrogen (secondary N) is 1. The fourth-order valence-corrected chi connectivity index (χ4v) is 1.13. The van der Waals surface area contributed by atoms with Crippen molar-refractivity contribution in [3.63, 3.8) is 0 Å². The molecule has 0 aliphatic heterocycles. The van der Waals surface area contributed by atoms with Crippen molar-refractivity contribution in [2.45, 2.75) is 18.2 Å². The minimum atomic E-state index is -0.271. The van der Waals surface area contributed by atoms with Crippen LogP contribution in [0.5, 0.6) is 0 Å². The van der Waals surface area contributed by atoms with Crippen LogP contribution in [0.3, 0.4) is 0 Å². The van der Waals surface area contributed by atoms with Gasteiger partial charge in [-0.1, -0.05) is 15.9 Å². The Bertz CT molecular complexity index is 207. The maximum atomic E-state index is 10.9. The molecule has 1 N–H and O–H groups in total. The van der Waals surface area contributed by atoms with Gasteiger partial charge in [0.1, 0.15) is 4.83 Å². The number of ether oxygens (including phenoxy) is 1. The Labute approximate surface area is 87.4 Å². The highest BCUT2D eigenvalue weighted by Gasteiger charge is 2.13. The lowest BCUT2D eigenvalue weighted by molar-refractivity contribution is -0.139. The van der Waals surface area contributed by atoms with Crippen molar-refractivity contribution in [2.75, 3.05) is 20.2 Å². The summed E-state index contributed by atoms with van der Waals surface area (Å²) in [7, 11) is 1.37. The van der Waals surface area contributed by atoms with Gasteiger partial charge in [0.15, 0.2) is 0 Å². The summed E-state index contributed by atoms with van der Waals surface area (Å²) >= 11 is 3.20. The van der Waals surface area contributed by atoms with Gasteiger partial charge in [0.05, 0.1) is 7.11 Å². The van der Waals surface area contributed by atoms with Gasteiger partial charge in [0, 0.05) is 19.5 Å². The van der Waals surface area contributed by atoms with Crippen LogP contribution in [0.4, 0.5) is 0 Å². The number of carbonyl (C=O) groups excluding carboxylic acids is 1. The molecule has 3 nitrogen and oxygen atoms in total. The Hall–Kier alpha value is -0.530. The van der Waals surface area contributed by atoms with Gasteiger partial charge >= 0.3 is 5.97 Å². The van der Waals surface area contributed by atoms with E-state index in [4.69, 9.17) is 0 Å². The monoisotopic (exact) mass is 247 g/mol. The summed E-state index contributed by atoms with van der Waals surface area (Å²) in [5.74, 6) is 5.46. The Balaban J connectivity index is 3.40. The summed E-state index contributed by atoms with van der Waals surface area (Å²) in [6.45, 7) is 3.17. The van der Waals surface area contributed by atoms with Crippen LogP contribution in [-0.2, 0) is 9.53 Å². The first-order chi connectivity index (χ1) is 6.22. The predicted molar refractivity (Wildman–Crippen MR) is 55.7 cm³/mol. The summed E-state index contributed by atoms with van der Waals surface area (Å²) in [4.78, 5) is 10.6. The summed E-state index contributed by atoms with van der Waals surface area (Å²) in [6, 6.07) is 0. The van der Waals surface area contributed by atoms with Crippen LogP contribution in [0.1, 0.15) is 13.3 Å². The van der Waals surface area contributed by atoms with Gasteiger partial charge in [-0.3, -0.25) is 4.79 Å². The van der Waals surface area contributed by atoms with Crippen LogP contribution in [0.25, 0.3) is 0 Å². The average Bonchev–Trinajstić information content (AvgIpc) is 2.16. The van der Waals surface area contributed by atoms with E-state index in [2.05, 4.69) is 37.8 Å². The van der Waals surface area contributed by atoms with Crippen molar-refractivity contribution in [1.82, 2.24) is 5.32 Å². The highest BCUT2D eigenvalue weighted by Crippen LogP contribution is 1.99. The van der Waals surface area contributed by atoms with Crippen LogP contribution >= 0.6 is 15.9 Å².